The number of aliphatic hydroxyl groups is 1. The molecule has 1 unspecified atom stereocenters. The number of hydrogen-bond acceptors (Lipinski definition) is 4. The van der Waals surface area contributed by atoms with E-state index in [9.17, 15) is 5.11 Å². The Morgan fingerprint density at radius 2 is 1.81 bits per heavy atom. The molecule has 3 rings (SSSR count). The predicted molar refractivity (Wildman–Crippen MR) is 88.9 cm³/mol. The van der Waals surface area contributed by atoms with Crippen LogP contribution in [0.1, 0.15) is 57.8 Å². The standard InChI is InChI=1S/C17H31NO2S/c19-10-9-18(15-4-2-1-3-5-15)16-6-11-20-17(14-16)7-12-21-13-8-17/h15-16,19H,1-14H2. The summed E-state index contributed by atoms with van der Waals surface area (Å²) in [4.78, 5) is 2.66. The lowest BCUT2D eigenvalue weighted by Crippen LogP contribution is -2.54. The molecule has 1 N–H and O–H groups in total. The summed E-state index contributed by atoms with van der Waals surface area (Å²) in [7, 11) is 0. The van der Waals surface area contributed by atoms with Crippen LogP contribution in [0.3, 0.4) is 0 Å². The van der Waals surface area contributed by atoms with Crippen LogP contribution >= 0.6 is 11.8 Å². The van der Waals surface area contributed by atoms with Crippen molar-refractivity contribution < 1.29 is 9.84 Å². The van der Waals surface area contributed by atoms with Crippen LogP contribution in [0.25, 0.3) is 0 Å². The van der Waals surface area contributed by atoms with E-state index < -0.39 is 0 Å². The van der Waals surface area contributed by atoms with Gasteiger partial charge in [0.15, 0.2) is 0 Å². The molecule has 1 saturated carbocycles. The van der Waals surface area contributed by atoms with Gasteiger partial charge in [0.25, 0.3) is 0 Å². The third kappa shape index (κ3) is 3.95. The highest BCUT2D eigenvalue weighted by Gasteiger charge is 2.41. The van der Waals surface area contributed by atoms with E-state index >= 15 is 0 Å². The monoisotopic (exact) mass is 313 g/mol. The zero-order valence-electron chi connectivity index (χ0n) is 13.3. The van der Waals surface area contributed by atoms with Crippen molar-refractivity contribution in [1.82, 2.24) is 4.90 Å². The Hall–Kier alpha value is 0.230. The summed E-state index contributed by atoms with van der Waals surface area (Å²) in [5.74, 6) is 2.52. The molecule has 3 nitrogen and oxygen atoms in total. The molecule has 0 aromatic heterocycles. The molecule has 21 heavy (non-hydrogen) atoms. The number of nitrogens with zero attached hydrogens (tertiary/aromatic N) is 1. The van der Waals surface area contributed by atoms with Crippen molar-refractivity contribution in [3.8, 4) is 0 Å². The Morgan fingerprint density at radius 1 is 1.05 bits per heavy atom. The van der Waals surface area contributed by atoms with Gasteiger partial charge < -0.3 is 9.84 Å². The first kappa shape index (κ1) is 16.1. The highest BCUT2D eigenvalue weighted by Crippen LogP contribution is 2.40. The third-order valence-electron chi connectivity index (χ3n) is 5.74. The summed E-state index contributed by atoms with van der Waals surface area (Å²) >= 11 is 2.08. The predicted octanol–water partition coefficient (Wildman–Crippen LogP) is 3.06. The van der Waals surface area contributed by atoms with Gasteiger partial charge in [-0.25, -0.2) is 0 Å². The Balaban J connectivity index is 1.66. The Kier molecular flexibility index (Phi) is 5.88. The van der Waals surface area contributed by atoms with Crippen LogP contribution in [0.5, 0.6) is 0 Å². The summed E-state index contributed by atoms with van der Waals surface area (Å²) in [5.41, 5.74) is 0.163. The fourth-order valence-corrected chi connectivity index (χ4v) is 5.81. The second-order valence-electron chi connectivity index (χ2n) is 7.04. The summed E-state index contributed by atoms with van der Waals surface area (Å²) < 4.78 is 6.25. The van der Waals surface area contributed by atoms with Gasteiger partial charge in [0, 0.05) is 25.2 Å². The Labute approximate surface area is 133 Å². The van der Waals surface area contributed by atoms with E-state index in [2.05, 4.69) is 16.7 Å². The number of hydrogen-bond donors (Lipinski definition) is 1. The van der Waals surface area contributed by atoms with Crippen LogP contribution < -0.4 is 0 Å². The molecular formula is C17H31NO2S. The molecule has 3 fully saturated rings. The van der Waals surface area contributed by atoms with Crippen molar-refractivity contribution in [1.29, 1.82) is 0 Å². The van der Waals surface area contributed by atoms with Crippen LogP contribution in [0.15, 0.2) is 0 Å². The SMILES string of the molecule is OCCN(C1CCCCC1)C1CCOC2(CCSCC2)C1. The minimum absolute atomic E-state index is 0.163. The average molecular weight is 314 g/mol. The van der Waals surface area contributed by atoms with Crippen molar-refractivity contribution in [2.75, 3.05) is 31.3 Å². The summed E-state index contributed by atoms with van der Waals surface area (Å²) in [6, 6.07) is 1.35. The Bertz CT molecular complexity index is 308. The van der Waals surface area contributed by atoms with Gasteiger partial charge in [-0.2, -0.15) is 11.8 Å². The molecule has 4 heteroatoms. The van der Waals surface area contributed by atoms with Crippen LogP contribution in [0, 0.1) is 0 Å². The van der Waals surface area contributed by atoms with Gasteiger partial charge in [-0.3, -0.25) is 4.90 Å². The minimum Gasteiger partial charge on any atom is -0.395 e. The van der Waals surface area contributed by atoms with Gasteiger partial charge >= 0.3 is 0 Å². The molecule has 0 radical (unpaired) electrons. The molecule has 122 valence electrons. The summed E-state index contributed by atoms with van der Waals surface area (Å²) in [5, 5.41) is 9.52. The van der Waals surface area contributed by atoms with E-state index in [-0.39, 0.29) is 5.60 Å². The lowest BCUT2D eigenvalue weighted by atomic mass is 9.83. The quantitative estimate of drug-likeness (QED) is 0.865. The van der Waals surface area contributed by atoms with E-state index in [0.29, 0.717) is 18.7 Å². The van der Waals surface area contributed by atoms with Crippen LogP contribution in [0.2, 0.25) is 0 Å². The first-order chi connectivity index (χ1) is 10.3. The molecule has 1 spiro atoms. The molecule has 3 aliphatic rings. The molecule has 0 amide bonds. The van der Waals surface area contributed by atoms with E-state index in [1.54, 1.807) is 0 Å². The smallest absolute Gasteiger partial charge is 0.0713 e. The van der Waals surface area contributed by atoms with E-state index in [1.807, 2.05) is 0 Å². The first-order valence-corrected chi connectivity index (χ1v) is 10.1. The van der Waals surface area contributed by atoms with E-state index in [0.717, 1.165) is 19.6 Å². The topological polar surface area (TPSA) is 32.7 Å². The van der Waals surface area contributed by atoms with Crippen molar-refractivity contribution >= 4 is 11.8 Å². The van der Waals surface area contributed by atoms with Gasteiger partial charge in [-0.15, -0.1) is 0 Å². The highest BCUT2D eigenvalue weighted by atomic mass is 32.2. The number of ether oxygens (including phenoxy) is 1. The molecule has 0 aromatic carbocycles. The first-order valence-electron chi connectivity index (χ1n) is 8.91. The van der Waals surface area contributed by atoms with Gasteiger partial charge in [0.2, 0.25) is 0 Å². The van der Waals surface area contributed by atoms with E-state index in [1.165, 1.54) is 62.9 Å². The molecule has 0 bridgehead atoms. The summed E-state index contributed by atoms with van der Waals surface area (Å²) in [6.07, 6.45) is 11.6. The van der Waals surface area contributed by atoms with Crippen molar-refractivity contribution in [2.45, 2.75) is 75.5 Å². The molecular weight excluding hydrogens is 282 g/mol. The highest BCUT2D eigenvalue weighted by molar-refractivity contribution is 7.99. The number of rotatable bonds is 4. The minimum atomic E-state index is 0.163. The molecule has 1 atom stereocenters. The molecule has 2 heterocycles. The molecule has 2 saturated heterocycles. The van der Waals surface area contributed by atoms with Gasteiger partial charge in [-0.05, 0) is 50.0 Å². The van der Waals surface area contributed by atoms with Crippen molar-refractivity contribution in [3.63, 3.8) is 0 Å². The van der Waals surface area contributed by atoms with Gasteiger partial charge in [0.05, 0.1) is 12.2 Å². The molecule has 2 aliphatic heterocycles. The van der Waals surface area contributed by atoms with E-state index in [4.69, 9.17) is 4.74 Å². The van der Waals surface area contributed by atoms with Crippen molar-refractivity contribution in [2.24, 2.45) is 0 Å². The number of aliphatic hydroxyl groups excluding tert-OH is 1. The molecule has 1 aliphatic carbocycles. The van der Waals surface area contributed by atoms with Crippen LogP contribution in [0.4, 0.5) is 0 Å². The molecule has 0 aromatic rings. The van der Waals surface area contributed by atoms with Gasteiger partial charge in [-0.1, -0.05) is 19.3 Å². The maximum absolute atomic E-state index is 9.52. The fraction of sp³-hybridized carbons (Fsp3) is 1.00. The summed E-state index contributed by atoms with van der Waals surface area (Å²) in [6.45, 7) is 2.08. The zero-order valence-corrected chi connectivity index (χ0v) is 14.1. The lowest BCUT2D eigenvalue weighted by Gasteiger charge is -2.48. The lowest BCUT2D eigenvalue weighted by molar-refractivity contribution is -0.117. The van der Waals surface area contributed by atoms with Gasteiger partial charge in [0.1, 0.15) is 0 Å². The third-order valence-corrected chi connectivity index (χ3v) is 6.73. The van der Waals surface area contributed by atoms with Crippen molar-refractivity contribution in [3.05, 3.63) is 0 Å². The average Bonchev–Trinajstić information content (AvgIpc) is 2.54. The largest absolute Gasteiger partial charge is 0.395 e. The Morgan fingerprint density at radius 3 is 2.52 bits per heavy atom. The second kappa shape index (κ2) is 7.67. The van der Waals surface area contributed by atoms with Crippen LogP contribution in [-0.2, 0) is 4.74 Å². The second-order valence-corrected chi connectivity index (χ2v) is 8.27. The maximum Gasteiger partial charge on any atom is 0.0713 e. The number of thioether (sulfide) groups is 1. The van der Waals surface area contributed by atoms with Crippen LogP contribution in [-0.4, -0.2) is 59.0 Å². The maximum atomic E-state index is 9.52. The fourth-order valence-electron chi connectivity index (χ4n) is 4.57. The zero-order chi connectivity index (χ0) is 14.5. The normalized spacial score (nSPS) is 30.9.